The highest BCUT2D eigenvalue weighted by Gasteiger charge is 2.15. The van der Waals surface area contributed by atoms with Crippen molar-refractivity contribution in [3.8, 4) is 0 Å². The van der Waals surface area contributed by atoms with Crippen LogP contribution in [0.4, 0.5) is 10.1 Å². The van der Waals surface area contributed by atoms with E-state index in [0.717, 1.165) is 12.1 Å². The normalized spacial score (nSPS) is 10.8. The van der Waals surface area contributed by atoms with Crippen molar-refractivity contribution in [3.05, 3.63) is 59.9 Å². The van der Waals surface area contributed by atoms with Gasteiger partial charge in [-0.1, -0.05) is 18.2 Å². The molecule has 0 aliphatic carbocycles. The predicted molar refractivity (Wildman–Crippen MR) is 92.4 cm³/mol. The van der Waals surface area contributed by atoms with Crippen LogP contribution in [-0.4, -0.2) is 33.9 Å². The maximum absolute atomic E-state index is 13.2. The van der Waals surface area contributed by atoms with Crippen LogP contribution < -0.4 is 10.0 Å². The van der Waals surface area contributed by atoms with E-state index in [9.17, 15) is 22.4 Å². The van der Waals surface area contributed by atoms with Gasteiger partial charge in [0.15, 0.2) is 0 Å². The molecule has 1 amide bonds. The zero-order valence-electron chi connectivity index (χ0n) is 13.9. The Morgan fingerprint density at radius 2 is 1.81 bits per heavy atom. The Morgan fingerprint density at radius 3 is 2.42 bits per heavy atom. The summed E-state index contributed by atoms with van der Waals surface area (Å²) in [5, 5.41) is 2.40. The Kier molecular flexibility index (Phi) is 6.29. The first-order valence-corrected chi connectivity index (χ1v) is 8.99. The summed E-state index contributed by atoms with van der Waals surface area (Å²) < 4.78 is 44.4. The standard InChI is InChI=1S/C17H17FN2O5S/c1-25-17(22)11-19-16(21)9-12-5-7-14(8-6-12)20-26(23,24)15-4-2-3-13(18)10-15/h2-8,10,20H,9,11H2,1H3,(H,19,21). The Labute approximate surface area is 150 Å². The van der Waals surface area contributed by atoms with Gasteiger partial charge >= 0.3 is 5.97 Å². The average Bonchev–Trinajstić information content (AvgIpc) is 2.61. The highest BCUT2D eigenvalue weighted by molar-refractivity contribution is 7.92. The SMILES string of the molecule is COC(=O)CNC(=O)Cc1ccc(NS(=O)(=O)c2cccc(F)c2)cc1. The summed E-state index contributed by atoms with van der Waals surface area (Å²) in [4.78, 5) is 22.5. The van der Waals surface area contributed by atoms with Gasteiger partial charge in [0, 0.05) is 5.69 Å². The zero-order chi connectivity index (χ0) is 19.2. The van der Waals surface area contributed by atoms with Gasteiger partial charge in [0.1, 0.15) is 12.4 Å². The number of sulfonamides is 1. The van der Waals surface area contributed by atoms with Crippen LogP contribution in [0.2, 0.25) is 0 Å². The molecule has 2 rings (SSSR count). The van der Waals surface area contributed by atoms with Gasteiger partial charge in [-0.3, -0.25) is 14.3 Å². The maximum atomic E-state index is 13.2. The van der Waals surface area contributed by atoms with Crippen molar-refractivity contribution in [2.75, 3.05) is 18.4 Å². The summed E-state index contributed by atoms with van der Waals surface area (Å²) in [7, 11) is -2.69. The summed E-state index contributed by atoms with van der Waals surface area (Å²) in [6, 6.07) is 10.8. The lowest BCUT2D eigenvalue weighted by atomic mass is 10.1. The van der Waals surface area contributed by atoms with Gasteiger partial charge < -0.3 is 10.1 Å². The number of carbonyl (C=O) groups is 2. The quantitative estimate of drug-likeness (QED) is 0.708. The average molecular weight is 380 g/mol. The maximum Gasteiger partial charge on any atom is 0.325 e. The molecule has 9 heteroatoms. The molecule has 0 spiro atoms. The van der Waals surface area contributed by atoms with Gasteiger partial charge in [-0.05, 0) is 35.9 Å². The van der Waals surface area contributed by atoms with E-state index in [0.29, 0.717) is 5.56 Å². The number of halogens is 1. The van der Waals surface area contributed by atoms with Gasteiger partial charge in [0.05, 0.1) is 18.4 Å². The molecule has 138 valence electrons. The van der Waals surface area contributed by atoms with Crippen molar-refractivity contribution in [2.45, 2.75) is 11.3 Å². The molecule has 2 aromatic rings. The van der Waals surface area contributed by atoms with Gasteiger partial charge in [-0.15, -0.1) is 0 Å². The highest BCUT2D eigenvalue weighted by atomic mass is 32.2. The van der Waals surface area contributed by atoms with E-state index in [2.05, 4.69) is 14.8 Å². The third kappa shape index (κ3) is 5.55. The lowest BCUT2D eigenvalue weighted by Gasteiger charge is -2.09. The van der Waals surface area contributed by atoms with Gasteiger partial charge in [0.25, 0.3) is 10.0 Å². The molecule has 0 saturated heterocycles. The Hall–Kier alpha value is -2.94. The van der Waals surface area contributed by atoms with E-state index in [1.54, 1.807) is 12.1 Å². The number of hydrogen-bond donors (Lipinski definition) is 2. The molecule has 0 bridgehead atoms. The van der Waals surface area contributed by atoms with Crippen LogP contribution in [0, 0.1) is 5.82 Å². The second kappa shape index (κ2) is 8.43. The van der Waals surface area contributed by atoms with Crippen LogP contribution in [-0.2, 0) is 30.8 Å². The minimum absolute atomic E-state index is 0.0217. The highest BCUT2D eigenvalue weighted by Crippen LogP contribution is 2.17. The number of ether oxygens (including phenoxy) is 1. The van der Waals surface area contributed by atoms with Gasteiger partial charge in [-0.25, -0.2) is 12.8 Å². The number of rotatable bonds is 7. The summed E-state index contributed by atoms with van der Waals surface area (Å²) >= 11 is 0. The van der Waals surface area contributed by atoms with Crippen molar-refractivity contribution in [1.82, 2.24) is 5.32 Å². The molecule has 2 aromatic carbocycles. The molecular formula is C17H17FN2O5S. The predicted octanol–water partition coefficient (Wildman–Crippen LogP) is 1.46. The van der Waals surface area contributed by atoms with Crippen LogP contribution in [0.25, 0.3) is 0 Å². The molecule has 0 aliphatic heterocycles. The van der Waals surface area contributed by atoms with Crippen molar-refractivity contribution >= 4 is 27.6 Å². The molecule has 0 atom stereocenters. The number of nitrogens with one attached hydrogen (secondary N) is 2. The third-order valence-corrected chi connectivity index (χ3v) is 4.71. The summed E-state index contributed by atoms with van der Waals surface area (Å²) in [6.45, 7) is -0.221. The summed E-state index contributed by atoms with van der Waals surface area (Å²) in [6.07, 6.45) is 0.0217. The number of esters is 1. The van der Waals surface area contributed by atoms with Gasteiger partial charge in [-0.2, -0.15) is 0 Å². The molecule has 0 aliphatic rings. The van der Waals surface area contributed by atoms with E-state index in [1.165, 1.54) is 31.4 Å². The number of amides is 1. The molecule has 7 nitrogen and oxygen atoms in total. The molecular weight excluding hydrogens is 363 g/mol. The second-order valence-electron chi connectivity index (χ2n) is 5.29. The first-order valence-electron chi connectivity index (χ1n) is 7.51. The fraction of sp³-hybridized carbons (Fsp3) is 0.176. The molecule has 0 saturated carbocycles. The van der Waals surface area contributed by atoms with Crippen LogP contribution in [0.5, 0.6) is 0 Å². The second-order valence-corrected chi connectivity index (χ2v) is 6.97. The first kappa shape index (κ1) is 19.4. The topological polar surface area (TPSA) is 102 Å². The summed E-state index contributed by atoms with van der Waals surface area (Å²) in [5.41, 5.74) is 0.897. The van der Waals surface area contributed by atoms with Crippen LogP contribution in [0.3, 0.4) is 0 Å². The number of benzene rings is 2. The Balaban J connectivity index is 1.99. The van der Waals surface area contributed by atoms with Crippen molar-refractivity contribution in [1.29, 1.82) is 0 Å². The minimum Gasteiger partial charge on any atom is -0.468 e. The number of methoxy groups -OCH3 is 1. The smallest absolute Gasteiger partial charge is 0.325 e. The third-order valence-electron chi connectivity index (χ3n) is 3.33. The summed E-state index contributed by atoms with van der Waals surface area (Å²) in [5.74, 6) is -1.58. The molecule has 26 heavy (non-hydrogen) atoms. The first-order chi connectivity index (χ1) is 12.3. The number of anilines is 1. The van der Waals surface area contributed by atoms with E-state index in [-0.39, 0.29) is 29.5 Å². The Bertz CT molecular complexity index is 898. The van der Waals surface area contributed by atoms with Crippen molar-refractivity contribution in [2.24, 2.45) is 0 Å². The van der Waals surface area contributed by atoms with Crippen molar-refractivity contribution in [3.63, 3.8) is 0 Å². The van der Waals surface area contributed by atoms with Crippen molar-refractivity contribution < 1.29 is 27.1 Å². The molecule has 0 radical (unpaired) electrons. The molecule has 0 heterocycles. The lowest BCUT2D eigenvalue weighted by molar-refractivity contribution is -0.141. The molecule has 0 aromatic heterocycles. The Morgan fingerprint density at radius 1 is 1.12 bits per heavy atom. The molecule has 0 unspecified atom stereocenters. The van der Waals surface area contributed by atoms with E-state index < -0.39 is 21.8 Å². The minimum atomic E-state index is -3.91. The van der Waals surface area contributed by atoms with E-state index in [1.807, 2.05) is 0 Å². The fourth-order valence-electron chi connectivity index (χ4n) is 2.03. The largest absolute Gasteiger partial charge is 0.468 e. The lowest BCUT2D eigenvalue weighted by Crippen LogP contribution is -2.31. The van der Waals surface area contributed by atoms with E-state index >= 15 is 0 Å². The van der Waals surface area contributed by atoms with Gasteiger partial charge in [0.2, 0.25) is 5.91 Å². The number of hydrogen-bond acceptors (Lipinski definition) is 5. The molecule has 0 fully saturated rings. The van der Waals surface area contributed by atoms with Crippen LogP contribution in [0.1, 0.15) is 5.56 Å². The monoisotopic (exact) mass is 380 g/mol. The number of carbonyl (C=O) groups excluding carboxylic acids is 2. The molecule has 2 N–H and O–H groups in total. The van der Waals surface area contributed by atoms with Crippen LogP contribution in [0.15, 0.2) is 53.4 Å². The van der Waals surface area contributed by atoms with Crippen LogP contribution >= 0.6 is 0 Å². The van der Waals surface area contributed by atoms with E-state index in [4.69, 9.17) is 0 Å². The zero-order valence-corrected chi connectivity index (χ0v) is 14.7. The fourth-order valence-corrected chi connectivity index (χ4v) is 3.12.